The van der Waals surface area contributed by atoms with Crippen molar-refractivity contribution < 1.29 is 45.1 Å². The SMILES string of the molecule is CN(Cc1ccccc1F)C(=O)COC(=O)c1cc(C(F)(F)F)cc(C(F)(F)F)c1. The van der Waals surface area contributed by atoms with E-state index in [9.17, 15) is 40.3 Å². The topological polar surface area (TPSA) is 46.6 Å². The molecule has 0 spiro atoms. The first-order chi connectivity index (χ1) is 13.8. The van der Waals surface area contributed by atoms with E-state index in [0.717, 1.165) is 4.90 Å². The van der Waals surface area contributed by atoms with Crippen LogP contribution in [0, 0.1) is 5.82 Å². The fourth-order valence-corrected chi connectivity index (χ4v) is 2.36. The van der Waals surface area contributed by atoms with Gasteiger partial charge in [0.25, 0.3) is 5.91 Å². The summed E-state index contributed by atoms with van der Waals surface area (Å²) < 4.78 is 95.3. The molecule has 0 aliphatic carbocycles. The molecule has 2 rings (SSSR count). The van der Waals surface area contributed by atoms with Gasteiger partial charge in [-0.2, -0.15) is 26.3 Å². The van der Waals surface area contributed by atoms with Crippen LogP contribution >= 0.6 is 0 Å². The number of ether oxygens (including phenoxy) is 1. The maximum absolute atomic E-state index is 13.6. The number of rotatable bonds is 5. The van der Waals surface area contributed by atoms with Crippen molar-refractivity contribution in [2.45, 2.75) is 18.9 Å². The third-order valence-electron chi connectivity index (χ3n) is 3.94. The molecule has 0 aromatic heterocycles. The Morgan fingerprint density at radius 2 is 1.47 bits per heavy atom. The summed E-state index contributed by atoms with van der Waals surface area (Å²) in [6.45, 7) is -1.15. The summed E-state index contributed by atoms with van der Waals surface area (Å²) in [6.07, 6.45) is -10.3. The Hall–Kier alpha value is -3.11. The molecule has 0 fully saturated rings. The monoisotopic (exact) mass is 437 g/mol. The highest BCUT2D eigenvalue weighted by atomic mass is 19.4. The minimum absolute atomic E-state index is 0.135. The van der Waals surface area contributed by atoms with Gasteiger partial charge in [-0.15, -0.1) is 0 Å². The van der Waals surface area contributed by atoms with Gasteiger partial charge < -0.3 is 9.64 Å². The largest absolute Gasteiger partial charge is 0.452 e. The summed E-state index contributed by atoms with van der Waals surface area (Å²) in [4.78, 5) is 25.0. The fourth-order valence-electron chi connectivity index (χ4n) is 2.36. The van der Waals surface area contributed by atoms with Crippen LogP contribution in [0.5, 0.6) is 0 Å². The van der Waals surface area contributed by atoms with Crippen molar-refractivity contribution in [1.29, 1.82) is 0 Å². The summed E-state index contributed by atoms with van der Waals surface area (Å²) in [5.41, 5.74) is -4.23. The number of esters is 1. The Morgan fingerprint density at radius 3 is 1.97 bits per heavy atom. The van der Waals surface area contributed by atoms with Crippen molar-refractivity contribution in [2.24, 2.45) is 0 Å². The molecule has 30 heavy (non-hydrogen) atoms. The van der Waals surface area contributed by atoms with E-state index in [2.05, 4.69) is 4.74 Å². The molecule has 0 unspecified atom stereocenters. The number of hydrogen-bond acceptors (Lipinski definition) is 3. The minimum atomic E-state index is -5.13. The number of carbonyl (C=O) groups is 2. The molecule has 0 radical (unpaired) electrons. The van der Waals surface area contributed by atoms with E-state index in [4.69, 9.17) is 0 Å². The molecule has 0 aliphatic heterocycles. The third kappa shape index (κ3) is 5.94. The number of amides is 1. The van der Waals surface area contributed by atoms with Gasteiger partial charge in [-0.25, -0.2) is 9.18 Å². The summed E-state index contributed by atoms with van der Waals surface area (Å²) in [7, 11) is 1.26. The zero-order chi connectivity index (χ0) is 22.7. The van der Waals surface area contributed by atoms with E-state index >= 15 is 0 Å². The van der Waals surface area contributed by atoms with Crippen LogP contribution in [0.25, 0.3) is 0 Å². The number of hydrogen-bond donors (Lipinski definition) is 0. The van der Waals surface area contributed by atoms with E-state index in [0.29, 0.717) is 0 Å². The quantitative estimate of drug-likeness (QED) is 0.504. The minimum Gasteiger partial charge on any atom is -0.452 e. The van der Waals surface area contributed by atoms with Crippen molar-refractivity contribution in [3.05, 3.63) is 70.5 Å². The lowest BCUT2D eigenvalue weighted by Crippen LogP contribution is -2.31. The smallest absolute Gasteiger partial charge is 0.416 e. The average Bonchev–Trinajstić information content (AvgIpc) is 2.65. The number of alkyl halides is 6. The zero-order valence-corrected chi connectivity index (χ0v) is 15.3. The molecule has 0 bridgehead atoms. The molecular formula is C19H14F7NO3. The number of likely N-dealkylation sites (N-methyl/N-ethyl adjacent to an activating group) is 1. The van der Waals surface area contributed by atoms with E-state index in [1.54, 1.807) is 0 Å². The number of benzene rings is 2. The molecule has 2 aromatic rings. The standard InChI is InChI=1S/C19H14F7NO3/c1-27(9-11-4-2-3-5-15(11)20)16(28)10-30-17(29)12-6-13(18(21,22)23)8-14(7-12)19(24,25)26/h2-8H,9-10H2,1H3. The zero-order valence-electron chi connectivity index (χ0n) is 15.3. The molecule has 0 aliphatic rings. The maximum atomic E-state index is 13.6. The Bertz CT molecular complexity index is 906. The van der Waals surface area contributed by atoms with E-state index in [1.165, 1.54) is 31.3 Å². The lowest BCUT2D eigenvalue weighted by Gasteiger charge is -2.18. The molecule has 0 saturated heterocycles. The van der Waals surface area contributed by atoms with Crippen LogP contribution in [0.2, 0.25) is 0 Å². The van der Waals surface area contributed by atoms with Crippen LogP contribution in [-0.2, 0) is 28.4 Å². The number of nitrogens with zero attached hydrogens (tertiary/aromatic N) is 1. The molecule has 162 valence electrons. The van der Waals surface area contributed by atoms with Crippen LogP contribution in [-0.4, -0.2) is 30.4 Å². The molecule has 0 saturated carbocycles. The van der Waals surface area contributed by atoms with E-state index < -0.39 is 53.3 Å². The highest BCUT2D eigenvalue weighted by Gasteiger charge is 2.37. The van der Waals surface area contributed by atoms with Gasteiger partial charge in [0, 0.05) is 19.2 Å². The van der Waals surface area contributed by atoms with Gasteiger partial charge in [0.2, 0.25) is 0 Å². The second-order valence-corrected chi connectivity index (χ2v) is 6.21. The van der Waals surface area contributed by atoms with Crippen LogP contribution < -0.4 is 0 Å². The predicted octanol–water partition coefficient (Wildman–Crippen LogP) is 4.68. The van der Waals surface area contributed by atoms with Gasteiger partial charge in [-0.05, 0) is 24.3 Å². The van der Waals surface area contributed by atoms with Gasteiger partial charge in [0.05, 0.1) is 16.7 Å². The maximum Gasteiger partial charge on any atom is 0.416 e. The first-order valence-corrected chi connectivity index (χ1v) is 8.23. The van der Waals surface area contributed by atoms with Crippen molar-refractivity contribution in [1.82, 2.24) is 4.90 Å². The van der Waals surface area contributed by atoms with Crippen LogP contribution in [0.4, 0.5) is 30.7 Å². The Morgan fingerprint density at radius 1 is 0.933 bits per heavy atom. The van der Waals surface area contributed by atoms with Gasteiger partial charge >= 0.3 is 18.3 Å². The molecule has 0 N–H and O–H groups in total. The van der Waals surface area contributed by atoms with Crippen LogP contribution in [0.1, 0.15) is 27.0 Å². The average molecular weight is 437 g/mol. The first-order valence-electron chi connectivity index (χ1n) is 8.23. The summed E-state index contributed by atoms with van der Waals surface area (Å²) in [6, 6.07) is 5.81. The summed E-state index contributed by atoms with van der Waals surface area (Å²) >= 11 is 0. The first kappa shape index (κ1) is 23.2. The van der Waals surface area contributed by atoms with E-state index in [-0.39, 0.29) is 30.3 Å². The second kappa shape index (κ2) is 8.72. The van der Waals surface area contributed by atoms with Crippen LogP contribution in [0.3, 0.4) is 0 Å². The van der Waals surface area contributed by atoms with Crippen molar-refractivity contribution in [3.63, 3.8) is 0 Å². The Kier molecular flexibility index (Phi) is 6.73. The predicted molar refractivity (Wildman–Crippen MR) is 89.6 cm³/mol. The molecule has 0 heterocycles. The highest BCUT2D eigenvalue weighted by molar-refractivity contribution is 5.91. The van der Waals surface area contributed by atoms with Crippen LogP contribution in [0.15, 0.2) is 42.5 Å². The van der Waals surface area contributed by atoms with Gasteiger partial charge in [-0.3, -0.25) is 4.79 Å². The fraction of sp³-hybridized carbons (Fsp3) is 0.263. The van der Waals surface area contributed by atoms with Crippen molar-refractivity contribution >= 4 is 11.9 Å². The molecule has 1 amide bonds. The van der Waals surface area contributed by atoms with Gasteiger partial charge in [0.15, 0.2) is 6.61 Å². The summed E-state index contributed by atoms with van der Waals surface area (Å²) in [5.74, 6) is -2.97. The number of halogens is 7. The Labute approximate surface area is 165 Å². The second-order valence-electron chi connectivity index (χ2n) is 6.21. The normalized spacial score (nSPS) is 11.9. The lowest BCUT2D eigenvalue weighted by molar-refractivity contribution is -0.143. The van der Waals surface area contributed by atoms with Crippen molar-refractivity contribution in [3.8, 4) is 0 Å². The molecule has 2 aromatic carbocycles. The summed E-state index contributed by atoms with van der Waals surface area (Å²) in [5, 5.41) is 0. The van der Waals surface area contributed by atoms with Gasteiger partial charge in [0.1, 0.15) is 5.82 Å². The lowest BCUT2D eigenvalue weighted by atomic mass is 10.0. The molecular weight excluding hydrogens is 423 g/mol. The molecule has 0 atom stereocenters. The van der Waals surface area contributed by atoms with E-state index in [1.807, 2.05) is 0 Å². The van der Waals surface area contributed by atoms with Crippen molar-refractivity contribution in [2.75, 3.05) is 13.7 Å². The molecule has 4 nitrogen and oxygen atoms in total. The van der Waals surface area contributed by atoms with Gasteiger partial charge in [-0.1, -0.05) is 18.2 Å². The highest BCUT2D eigenvalue weighted by Crippen LogP contribution is 2.36. The Balaban J connectivity index is 2.12. The molecule has 11 heteroatoms. The third-order valence-corrected chi connectivity index (χ3v) is 3.94. The number of carbonyl (C=O) groups excluding carboxylic acids is 2.